The van der Waals surface area contributed by atoms with Crippen LogP contribution in [0.5, 0.6) is 0 Å². The Morgan fingerprint density at radius 2 is 2.11 bits per heavy atom. The molecular weight excluding hydrogens is 256 g/mol. The number of hydrogen-bond acceptors (Lipinski definition) is 6. The van der Waals surface area contributed by atoms with Crippen LogP contribution in [0.3, 0.4) is 0 Å². The first-order valence-corrected chi connectivity index (χ1v) is 6.20. The Morgan fingerprint density at radius 3 is 2.67 bits per heavy atom. The van der Waals surface area contributed by atoms with Crippen LogP contribution in [0.25, 0.3) is 5.82 Å². The molecule has 9 heteroatoms. The van der Waals surface area contributed by atoms with E-state index in [1.807, 2.05) is 6.07 Å². The molecule has 0 aliphatic heterocycles. The minimum atomic E-state index is -3.99. The molecule has 0 unspecified atom stereocenters. The van der Waals surface area contributed by atoms with Gasteiger partial charge in [0.05, 0.1) is 29.8 Å². The number of nitrogen functional groups attached to an aromatic ring is 1. The fourth-order valence-corrected chi connectivity index (χ4v) is 2.03. The predicted molar refractivity (Wildman–Crippen MR) is 61.9 cm³/mol. The molecule has 0 spiro atoms. The molecule has 2 aromatic rings. The third-order valence-electron chi connectivity index (χ3n) is 2.09. The number of aromatic nitrogens is 3. The van der Waals surface area contributed by atoms with Gasteiger partial charge in [-0.25, -0.2) is 23.2 Å². The van der Waals surface area contributed by atoms with Crippen LogP contribution in [0, 0.1) is 11.3 Å². The summed E-state index contributed by atoms with van der Waals surface area (Å²) in [5.41, 5.74) is 5.90. The lowest BCUT2D eigenvalue weighted by molar-refractivity contribution is 0.596. The van der Waals surface area contributed by atoms with Gasteiger partial charge in [0.25, 0.3) is 0 Å². The van der Waals surface area contributed by atoms with Crippen LogP contribution in [-0.2, 0) is 10.0 Å². The van der Waals surface area contributed by atoms with E-state index < -0.39 is 10.0 Å². The third kappa shape index (κ3) is 2.15. The van der Waals surface area contributed by atoms with E-state index in [1.165, 1.54) is 24.7 Å². The van der Waals surface area contributed by atoms with E-state index in [-0.39, 0.29) is 22.0 Å². The molecule has 0 saturated heterocycles. The number of nitriles is 1. The minimum Gasteiger partial charge on any atom is -0.397 e. The van der Waals surface area contributed by atoms with Crippen molar-refractivity contribution in [3.63, 3.8) is 0 Å². The van der Waals surface area contributed by atoms with Crippen LogP contribution in [0.15, 0.2) is 29.6 Å². The van der Waals surface area contributed by atoms with Crippen LogP contribution >= 0.6 is 0 Å². The van der Waals surface area contributed by atoms with Gasteiger partial charge in [0.1, 0.15) is 11.0 Å². The Labute approximate surface area is 103 Å². The molecule has 0 bridgehead atoms. The fraction of sp³-hybridized carbons (Fsp3) is 0. The number of hydrogen-bond donors (Lipinski definition) is 2. The molecule has 0 radical (unpaired) electrons. The normalized spacial score (nSPS) is 11.1. The highest BCUT2D eigenvalue weighted by Gasteiger charge is 2.18. The van der Waals surface area contributed by atoms with Crippen molar-refractivity contribution >= 4 is 15.7 Å². The Bertz CT molecular complexity index is 743. The molecule has 0 saturated carbocycles. The van der Waals surface area contributed by atoms with E-state index in [1.54, 1.807) is 0 Å². The number of primary sulfonamides is 1. The van der Waals surface area contributed by atoms with Crippen molar-refractivity contribution in [3.8, 4) is 11.9 Å². The topological polar surface area (TPSA) is 141 Å². The molecule has 0 aliphatic rings. The molecular formula is C9H8N6O2S. The van der Waals surface area contributed by atoms with Gasteiger partial charge in [0, 0.05) is 0 Å². The highest BCUT2D eigenvalue weighted by atomic mass is 32.2. The van der Waals surface area contributed by atoms with Crippen molar-refractivity contribution in [2.75, 3.05) is 5.73 Å². The Hall–Kier alpha value is -2.44. The number of pyridine rings is 1. The van der Waals surface area contributed by atoms with Gasteiger partial charge < -0.3 is 5.73 Å². The summed E-state index contributed by atoms with van der Waals surface area (Å²) in [6, 6.07) is 3.06. The molecule has 0 amide bonds. The Morgan fingerprint density at radius 1 is 1.39 bits per heavy atom. The monoisotopic (exact) mass is 264 g/mol. The van der Waals surface area contributed by atoms with E-state index in [4.69, 9.17) is 16.1 Å². The van der Waals surface area contributed by atoms with Crippen LogP contribution in [0.4, 0.5) is 5.69 Å². The largest absolute Gasteiger partial charge is 0.397 e. The smallest absolute Gasteiger partial charge is 0.241 e. The zero-order chi connectivity index (χ0) is 13.3. The van der Waals surface area contributed by atoms with Crippen molar-refractivity contribution in [2.45, 2.75) is 4.90 Å². The first-order valence-electron chi connectivity index (χ1n) is 4.65. The van der Waals surface area contributed by atoms with Gasteiger partial charge in [-0.1, -0.05) is 0 Å². The summed E-state index contributed by atoms with van der Waals surface area (Å²) in [4.78, 5) is 3.61. The number of nitrogens with two attached hydrogens (primary N) is 2. The zero-order valence-corrected chi connectivity index (χ0v) is 9.79. The molecule has 0 atom stereocenters. The quantitative estimate of drug-likeness (QED) is 0.739. The lowest BCUT2D eigenvalue weighted by Gasteiger charge is -2.07. The van der Waals surface area contributed by atoms with E-state index in [9.17, 15) is 8.42 Å². The summed E-state index contributed by atoms with van der Waals surface area (Å²) in [7, 11) is -3.99. The Balaban J connectivity index is 2.69. The van der Waals surface area contributed by atoms with Gasteiger partial charge in [-0.3, -0.25) is 0 Å². The fourth-order valence-electron chi connectivity index (χ4n) is 1.33. The van der Waals surface area contributed by atoms with E-state index in [2.05, 4.69) is 10.1 Å². The second-order valence-electron chi connectivity index (χ2n) is 3.42. The molecule has 8 nitrogen and oxygen atoms in total. The van der Waals surface area contributed by atoms with Crippen molar-refractivity contribution in [2.24, 2.45) is 5.14 Å². The maximum atomic E-state index is 11.4. The van der Waals surface area contributed by atoms with Gasteiger partial charge in [-0.05, 0) is 6.07 Å². The minimum absolute atomic E-state index is 0.00630. The van der Waals surface area contributed by atoms with E-state index in [0.717, 1.165) is 4.68 Å². The van der Waals surface area contributed by atoms with Crippen LogP contribution in [0.1, 0.15) is 5.56 Å². The highest BCUT2D eigenvalue weighted by Crippen LogP contribution is 2.18. The van der Waals surface area contributed by atoms with E-state index >= 15 is 0 Å². The summed E-state index contributed by atoms with van der Waals surface area (Å²) >= 11 is 0. The molecule has 18 heavy (non-hydrogen) atoms. The SMILES string of the molecule is N#Cc1cnn(-c2ncc(N)cc2S(N)(=O)=O)c1. The lowest BCUT2D eigenvalue weighted by Crippen LogP contribution is -2.17. The number of nitrogens with zero attached hydrogens (tertiary/aromatic N) is 4. The van der Waals surface area contributed by atoms with Gasteiger partial charge >= 0.3 is 0 Å². The molecule has 0 aliphatic carbocycles. The van der Waals surface area contributed by atoms with Gasteiger partial charge in [0.15, 0.2) is 5.82 Å². The summed E-state index contributed by atoms with van der Waals surface area (Å²) in [6.45, 7) is 0. The van der Waals surface area contributed by atoms with Crippen LogP contribution < -0.4 is 10.9 Å². The lowest BCUT2D eigenvalue weighted by atomic mass is 10.4. The summed E-state index contributed by atoms with van der Waals surface area (Å²) < 4.78 is 24.0. The molecule has 4 N–H and O–H groups in total. The standard InChI is InChI=1S/C9H8N6O2S/c10-2-6-3-14-15(5-6)9-8(18(12,16)17)1-7(11)4-13-9/h1,3-5H,11H2,(H2,12,16,17). The predicted octanol–water partition coefficient (Wildman–Crippen LogP) is -0.631. The van der Waals surface area contributed by atoms with Crippen molar-refractivity contribution in [1.29, 1.82) is 5.26 Å². The maximum Gasteiger partial charge on any atom is 0.241 e. The molecule has 2 heterocycles. The molecule has 2 rings (SSSR count). The first kappa shape index (κ1) is 12.0. The maximum absolute atomic E-state index is 11.4. The van der Waals surface area contributed by atoms with Crippen molar-refractivity contribution in [1.82, 2.24) is 14.8 Å². The van der Waals surface area contributed by atoms with Crippen LogP contribution in [-0.4, -0.2) is 23.2 Å². The second kappa shape index (κ2) is 4.10. The third-order valence-corrected chi connectivity index (χ3v) is 3.00. The Kier molecular flexibility index (Phi) is 2.74. The molecule has 0 fully saturated rings. The highest BCUT2D eigenvalue weighted by molar-refractivity contribution is 7.89. The molecule has 2 aromatic heterocycles. The summed E-state index contributed by atoms with van der Waals surface area (Å²) in [5.74, 6) is -0.00630. The number of anilines is 1. The van der Waals surface area contributed by atoms with E-state index in [0.29, 0.717) is 0 Å². The van der Waals surface area contributed by atoms with Crippen molar-refractivity contribution < 1.29 is 8.42 Å². The average molecular weight is 264 g/mol. The summed E-state index contributed by atoms with van der Waals surface area (Å²) in [5, 5.41) is 17.6. The first-order chi connectivity index (χ1) is 8.41. The second-order valence-corrected chi connectivity index (χ2v) is 4.95. The van der Waals surface area contributed by atoms with Gasteiger partial charge in [-0.15, -0.1) is 0 Å². The molecule has 0 aromatic carbocycles. The van der Waals surface area contributed by atoms with Gasteiger partial charge in [0.2, 0.25) is 10.0 Å². The number of rotatable bonds is 2. The number of sulfonamides is 1. The summed E-state index contributed by atoms with van der Waals surface area (Å²) in [6.07, 6.45) is 3.90. The zero-order valence-electron chi connectivity index (χ0n) is 8.98. The van der Waals surface area contributed by atoms with Crippen LogP contribution in [0.2, 0.25) is 0 Å². The van der Waals surface area contributed by atoms with Crippen molar-refractivity contribution in [3.05, 3.63) is 30.2 Å². The average Bonchev–Trinajstić information content (AvgIpc) is 2.76. The molecule has 92 valence electrons. The van der Waals surface area contributed by atoms with Gasteiger partial charge in [-0.2, -0.15) is 10.4 Å².